The number of nitrogens with one attached hydrogen (secondary N) is 1. The number of alkyl carbamates (subject to hydrolysis) is 1. The van der Waals surface area contributed by atoms with E-state index in [9.17, 15) is 9.90 Å². The second-order valence-electron chi connectivity index (χ2n) is 5.98. The molecule has 2 rings (SSSR count). The highest BCUT2D eigenvalue weighted by molar-refractivity contribution is 5.68. The fraction of sp³-hybridized carbons (Fsp3) is 0.533. The Labute approximate surface area is 128 Å². The van der Waals surface area contributed by atoms with Crippen molar-refractivity contribution in [3.63, 3.8) is 0 Å². The first-order chi connectivity index (χ1) is 10.3. The first-order valence-electron chi connectivity index (χ1n) is 7.19. The van der Waals surface area contributed by atoms with Gasteiger partial charge in [-0.1, -0.05) is 6.92 Å². The van der Waals surface area contributed by atoms with Crippen LogP contribution >= 0.6 is 0 Å². The van der Waals surface area contributed by atoms with E-state index in [2.05, 4.69) is 15.3 Å². The van der Waals surface area contributed by atoms with Crippen LogP contribution in [0, 0.1) is 0 Å². The monoisotopic (exact) mass is 307 g/mol. The molecule has 0 bridgehead atoms. The summed E-state index contributed by atoms with van der Waals surface area (Å²) < 4.78 is 10.7. The average Bonchev–Trinajstić information content (AvgIpc) is 2.86. The number of aliphatic hydroxyl groups excluding tert-OH is 1. The van der Waals surface area contributed by atoms with Gasteiger partial charge in [0.05, 0.1) is 6.04 Å². The number of hydrogen-bond donors (Lipinski definition) is 2. The third-order valence-corrected chi connectivity index (χ3v) is 2.96. The van der Waals surface area contributed by atoms with E-state index in [-0.39, 0.29) is 5.89 Å². The second-order valence-corrected chi connectivity index (χ2v) is 5.98. The zero-order valence-electron chi connectivity index (χ0n) is 13.2. The minimum absolute atomic E-state index is 0.122. The summed E-state index contributed by atoms with van der Waals surface area (Å²) in [4.78, 5) is 20.0. The number of aliphatic hydroxyl groups is 1. The molecule has 0 aliphatic rings. The van der Waals surface area contributed by atoms with E-state index in [0.29, 0.717) is 17.7 Å². The number of aromatic nitrogens is 2. The molecule has 0 saturated carbocycles. The number of carbonyl (C=O) groups excluding carboxylic acids is 1. The average molecular weight is 307 g/mol. The Kier molecular flexibility index (Phi) is 4.65. The number of pyridine rings is 1. The van der Waals surface area contributed by atoms with Gasteiger partial charge in [-0.25, -0.2) is 9.78 Å². The van der Waals surface area contributed by atoms with Crippen molar-refractivity contribution in [2.45, 2.75) is 51.9 Å². The van der Waals surface area contributed by atoms with E-state index >= 15 is 0 Å². The van der Waals surface area contributed by atoms with Gasteiger partial charge in [0.1, 0.15) is 5.60 Å². The van der Waals surface area contributed by atoms with Crippen molar-refractivity contribution in [2.24, 2.45) is 0 Å². The van der Waals surface area contributed by atoms with Crippen molar-refractivity contribution in [3.05, 3.63) is 24.2 Å². The van der Waals surface area contributed by atoms with Crippen LogP contribution in [-0.4, -0.2) is 32.8 Å². The van der Waals surface area contributed by atoms with E-state index in [1.165, 1.54) is 0 Å². The van der Waals surface area contributed by atoms with Crippen molar-refractivity contribution in [3.8, 4) is 0 Å². The summed E-state index contributed by atoms with van der Waals surface area (Å²) in [5.74, 6) is 0.122. The third kappa shape index (κ3) is 3.94. The highest BCUT2D eigenvalue weighted by atomic mass is 16.6. The van der Waals surface area contributed by atoms with Gasteiger partial charge in [-0.2, -0.15) is 4.98 Å². The Balaban J connectivity index is 2.11. The van der Waals surface area contributed by atoms with Gasteiger partial charge in [0.2, 0.25) is 5.89 Å². The van der Waals surface area contributed by atoms with E-state index in [4.69, 9.17) is 9.15 Å². The Morgan fingerprint density at radius 3 is 2.82 bits per heavy atom. The topological polar surface area (TPSA) is 97.5 Å². The summed E-state index contributed by atoms with van der Waals surface area (Å²) in [5, 5.41) is 13.0. The number of oxazole rings is 1. The van der Waals surface area contributed by atoms with Crippen LogP contribution < -0.4 is 5.32 Å². The lowest BCUT2D eigenvalue weighted by Gasteiger charge is -2.24. The lowest BCUT2D eigenvalue weighted by atomic mass is 10.1. The van der Waals surface area contributed by atoms with Crippen LogP contribution in [0.1, 0.15) is 46.1 Å². The first-order valence-corrected chi connectivity index (χ1v) is 7.19. The molecule has 120 valence electrons. The van der Waals surface area contributed by atoms with Crippen LogP contribution in [-0.2, 0) is 4.74 Å². The maximum atomic E-state index is 11.8. The molecule has 7 nitrogen and oxygen atoms in total. The number of ether oxygens (including phenoxy) is 1. The third-order valence-electron chi connectivity index (χ3n) is 2.96. The molecular formula is C15H21N3O4. The molecule has 7 heteroatoms. The van der Waals surface area contributed by atoms with E-state index in [0.717, 1.165) is 0 Å². The Morgan fingerprint density at radius 2 is 2.23 bits per heavy atom. The van der Waals surface area contributed by atoms with Crippen LogP contribution in [0.5, 0.6) is 0 Å². The van der Waals surface area contributed by atoms with Gasteiger partial charge in [0.25, 0.3) is 0 Å². The normalized spacial score (nSPS) is 14.6. The summed E-state index contributed by atoms with van der Waals surface area (Å²) in [6, 6.07) is 2.87. The number of nitrogens with zero attached hydrogens (tertiary/aromatic N) is 2. The molecule has 0 aliphatic heterocycles. The summed E-state index contributed by atoms with van der Waals surface area (Å²) in [5.41, 5.74) is 0.307. The molecule has 0 spiro atoms. The van der Waals surface area contributed by atoms with Crippen molar-refractivity contribution in [1.82, 2.24) is 15.3 Å². The molecule has 2 aromatic heterocycles. The van der Waals surface area contributed by atoms with Crippen LogP contribution in [0.2, 0.25) is 0 Å². The van der Waals surface area contributed by atoms with Crippen molar-refractivity contribution < 1.29 is 19.1 Å². The van der Waals surface area contributed by atoms with Crippen LogP contribution in [0.4, 0.5) is 4.79 Å². The fourth-order valence-corrected chi connectivity index (χ4v) is 1.95. The quantitative estimate of drug-likeness (QED) is 0.901. The van der Waals surface area contributed by atoms with Gasteiger partial charge in [-0.3, -0.25) is 0 Å². The number of hydrogen-bond acceptors (Lipinski definition) is 6. The number of carbonyl (C=O) groups is 1. The molecule has 2 heterocycles. The number of amides is 1. The Hall–Kier alpha value is -2.15. The van der Waals surface area contributed by atoms with Crippen LogP contribution in [0.15, 0.2) is 22.7 Å². The van der Waals surface area contributed by atoms with Crippen LogP contribution in [0.25, 0.3) is 11.2 Å². The molecule has 1 amide bonds. The standard InChI is InChI=1S/C15H21N3O4/c1-5-9(17-14(20)22-15(2,3)4)11(19)13-18-12-10(21-13)7-6-8-16-12/h6-9,11,19H,5H2,1-4H3,(H,17,20). The molecule has 22 heavy (non-hydrogen) atoms. The lowest BCUT2D eigenvalue weighted by Crippen LogP contribution is -2.42. The molecule has 0 aromatic carbocycles. The van der Waals surface area contributed by atoms with Crippen molar-refractivity contribution in [1.29, 1.82) is 0 Å². The maximum Gasteiger partial charge on any atom is 0.407 e. The molecule has 0 aliphatic carbocycles. The van der Waals surface area contributed by atoms with Gasteiger partial charge in [0, 0.05) is 6.20 Å². The van der Waals surface area contributed by atoms with E-state index in [1.54, 1.807) is 39.1 Å². The maximum absolute atomic E-state index is 11.8. The zero-order valence-corrected chi connectivity index (χ0v) is 13.2. The molecule has 0 radical (unpaired) electrons. The Bertz CT molecular complexity index is 615. The van der Waals surface area contributed by atoms with Crippen molar-refractivity contribution in [2.75, 3.05) is 0 Å². The molecule has 2 atom stereocenters. The minimum Gasteiger partial charge on any atom is -0.444 e. The predicted molar refractivity (Wildman–Crippen MR) is 80.2 cm³/mol. The molecule has 2 N–H and O–H groups in total. The summed E-state index contributed by atoms with van der Waals surface area (Å²) >= 11 is 0. The zero-order chi connectivity index (χ0) is 16.3. The SMILES string of the molecule is CCC(NC(=O)OC(C)(C)C)C(O)c1nc2ncccc2o1. The first kappa shape index (κ1) is 16.2. The van der Waals surface area contributed by atoms with Crippen molar-refractivity contribution >= 4 is 17.3 Å². The summed E-state index contributed by atoms with van der Waals surface area (Å²) in [7, 11) is 0. The highest BCUT2D eigenvalue weighted by Gasteiger charge is 2.28. The van der Waals surface area contributed by atoms with Gasteiger partial charge in [-0.05, 0) is 39.3 Å². The molecular weight excluding hydrogens is 286 g/mol. The molecule has 0 saturated heterocycles. The van der Waals surface area contributed by atoms with Gasteiger partial charge in [0.15, 0.2) is 17.3 Å². The number of rotatable bonds is 4. The molecule has 2 aromatic rings. The van der Waals surface area contributed by atoms with Gasteiger partial charge >= 0.3 is 6.09 Å². The largest absolute Gasteiger partial charge is 0.444 e. The number of fused-ring (bicyclic) bond motifs is 1. The lowest BCUT2D eigenvalue weighted by molar-refractivity contribution is 0.0387. The molecule has 2 unspecified atom stereocenters. The predicted octanol–water partition coefficient (Wildman–Crippen LogP) is 2.56. The van der Waals surface area contributed by atoms with E-state index in [1.807, 2.05) is 6.92 Å². The van der Waals surface area contributed by atoms with Crippen LogP contribution in [0.3, 0.4) is 0 Å². The van der Waals surface area contributed by atoms with Gasteiger partial charge in [-0.15, -0.1) is 0 Å². The molecule has 0 fully saturated rings. The highest BCUT2D eigenvalue weighted by Crippen LogP contribution is 2.22. The minimum atomic E-state index is -1.08. The smallest absolute Gasteiger partial charge is 0.407 e. The van der Waals surface area contributed by atoms with E-state index < -0.39 is 23.8 Å². The van der Waals surface area contributed by atoms with Gasteiger partial charge < -0.3 is 19.6 Å². The fourth-order valence-electron chi connectivity index (χ4n) is 1.95. The Morgan fingerprint density at radius 1 is 1.50 bits per heavy atom. The second kappa shape index (κ2) is 6.31. The summed E-state index contributed by atoms with van der Waals surface area (Å²) in [6.07, 6.45) is 0.420. The summed E-state index contributed by atoms with van der Waals surface area (Å²) in [6.45, 7) is 7.16.